The van der Waals surface area contributed by atoms with Gasteiger partial charge in [-0.15, -0.1) is 0 Å². The van der Waals surface area contributed by atoms with Crippen LogP contribution >= 0.6 is 0 Å². The summed E-state index contributed by atoms with van der Waals surface area (Å²) >= 11 is 0. The minimum Gasteiger partial charge on any atom is -0.369 e. The van der Waals surface area contributed by atoms with E-state index >= 15 is 0 Å². The summed E-state index contributed by atoms with van der Waals surface area (Å²) in [5.41, 5.74) is 1.32. The molecular weight excluding hydrogens is 150 g/mol. The lowest BCUT2D eigenvalue weighted by molar-refractivity contribution is 0.0771. The monoisotopic (exact) mass is 165 g/mol. The fourth-order valence-corrected chi connectivity index (χ4v) is 1.16. The number of hydrogen-bond donors (Lipinski definition) is 0. The Morgan fingerprint density at radius 3 is 2.50 bits per heavy atom. The quantitative estimate of drug-likeness (QED) is 0.630. The SMILES string of the molecule is COCN(C)Cc1ccccc1. The molecule has 0 amide bonds. The molecule has 0 radical (unpaired) electrons. The first-order chi connectivity index (χ1) is 5.83. The Morgan fingerprint density at radius 1 is 1.25 bits per heavy atom. The van der Waals surface area contributed by atoms with Crippen molar-refractivity contribution in [2.24, 2.45) is 0 Å². The van der Waals surface area contributed by atoms with Crippen LogP contribution in [0.5, 0.6) is 0 Å². The number of benzene rings is 1. The van der Waals surface area contributed by atoms with Gasteiger partial charge >= 0.3 is 0 Å². The van der Waals surface area contributed by atoms with Gasteiger partial charge in [-0.25, -0.2) is 0 Å². The highest BCUT2D eigenvalue weighted by Gasteiger charge is 1.96. The van der Waals surface area contributed by atoms with E-state index < -0.39 is 0 Å². The molecule has 1 rings (SSSR count). The van der Waals surface area contributed by atoms with E-state index in [2.05, 4.69) is 29.2 Å². The van der Waals surface area contributed by atoms with Crippen LogP contribution in [0.15, 0.2) is 30.3 Å². The van der Waals surface area contributed by atoms with Crippen molar-refractivity contribution in [2.45, 2.75) is 6.54 Å². The fraction of sp³-hybridized carbons (Fsp3) is 0.400. The molecule has 0 atom stereocenters. The predicted octanol–water partition coefficient (Wildman–Crippen LogP) is 1.72. The van der Waals surface area contributed by atoms with Crippen LogP contribution < -0.4 is 0 Å². The maximum Gasteiger partial charge on any atom is 0.0986 e. The smallest absolute Gasteiger partial charge is 0.0986 e. The molecule has 0 aromatic heterocycles. The average Bonchev–Trinajstić information content (AvgIpc) is 2.06. The summed E-state index contributed by atoms with van der Waals surface area (Å²) in [6, 6.07) is 10.4. The first kappa shape index (κ1) is 9.23. The van der Waals surface area contributed by atoms with E-state index in [-0.39, 0.29) is 0 Å². The lowest BCUT2D eigenvalue weighted by Crippen LogP contribution is -2.19. The van der Waals surface area contributed by atoms with Crippen LogP contribution in [0.25, 0.3) is 0 Å². The van der Waals surface area contributed by atoms with Crippen LogP contribution in [0.3, 0.4) is 0 Å². The molecule has 0 fully saturated rings. The average molecular weight is 165 g/mol. The highest BCUT2D eigenvalue weighted by atomic mass is 16.5. The number of rotatable bonds is 4. The molecule has 2 heteroatoms. The number of methoxy groups -OCH3 is 1. The Morgan fingerprint density at radius 2 is 1.92 bits per heavy atom. The molecule has 0 aliphatic rings. The van der Waals surface area contributed by atoms with E-state index in [4.69, 9.17) is 4.74 Å². The van der Waals surface area contributed by atoms with Gasteiger partial charge < -0.3 is 4.74 Å². The van der Waals surface area contributed by atoms with Gasteiger partial charge in [-0.1, -0.05) is 30.3 Å². The zero-order chi connectivity index (χ0) is 8.81. The highest BCUT2D eigenvalue weighted by Crippen LogP contribution is 2.01. The van der Waals surface area contributed by atoms with Crippen LogP contribution in [0, 0.1) is 0 Å². The van der Waals surface area contributed by atoms with Gasteiger partial charge in [0.25, 0.3) is 0 Å². The molecule has 0 heterocycles. The van der Waals surface area contributed by atoms with E-state index in [0.717, 1.165) is 6.54 Å². The van der Waals surface area contributed by atoms with Crippen molar-refractivity contribution < 1.29 is 4.74 Å². The Bertz CT molecular complexity index is 210. The van der Waals surface area contributed by atoms with Gasteiger partial charge in [-0.3, -0.25) is 4.90 Å². The standard InChI is InChI=1S/C10H15NO/c1-11(9-12-2)8-10-6-4-3-5-7-10/h3-7H,8-9H2,1-2H3. The third-order valence-corrected chi connectivity index (χ3v) is 1.64. The molecule has 0 aliphatic heterocycles. The molecule has 0 saturated heterocycles. The highest BCUT2D eigenvalue weighted by molar-refractivity contribution is 5.14. The molecule has 0 aliphatic carbocycles. The van der Waals surface area contributed by atoms with E-state index in [1.54, 1.807) is 7.11 Å². The van der Waals surface area contributed by atoms with Crippen molar-refractivity contribution in [3.63, 3.8) is 0 Å². The van der Waals surface area contributed by atoms with Gasteiger partial charge in [0.2, 0.25) is 0 Å². The molecule has 2 nitrogen and oxygen atoms in total. The summed E-state index contributed by atoms with van der Waals surface area (Å²) in [5, 5.41) is 0. The van der Waals surface area contributed by atoms with Crippen molar-refractivity contribution in [3.8, 4) is 0 Å². The summed E-state index contributed by atoms with van der Waals surface area (Å²) < 4.78 is 5.00. The minimum absolute atomic E-state index is 0.675. The van der Waals surface area contributed by atoms with Gasteiger partial charge in [0.15, 0.2) is 0 Å². The van der Waals surface area contributed by atoms with E-state index in [0.29, 0.717) is 6.73 Å². The molecule has 12 heavy (non-hydrogen) atoms. The second-order valence-corrected chi connectivity index (χ2v) is 2.92. The summed E-state index contributed by atoms with van der Waals surface area (Å²) in [5.74, 6) is 0. The zero-order valence-electron chi connectivity index (χ0n) is 7.66. The van der Waals surface area contributed by atoms with Crippen LogP contribution in [0.4, 0.5) is 0 Å². The van der Waals surface area contributed by atoms with Gasteiger partial charge in [-0.2, -0.15) is 0 Å². The van der Waals surface area contributed by atoms with Crippen LogP contribution in [0.1, 0.15) is 5.56 Å². The normalized spacial score (nSPS) is 10.6. The third-order valence-electron chi connectivity index (χ3n) is 1.64. The van der Waals surface area contributed by atoms with Crippen LogP contribution in [0.2, 0.25) is 0 Å². The Balaban J connectivity index is 2.41. The number of ether oxygens (including phenoxy) is 1. The molecule has 0 bridgehead atoms. The second-order valence-electron chi connectivity index (χ2n) is 2.92. The van der Waals surface area contributed by atoms with Gasteiger partial charge in [0.05, 0.1) is 6.73 Å². The predicted molar refractivity (Wildman–Crippen MR) is 49.8 cm³/mol. The molecule has 0 N–H and O–H groups in total. The van der Waals surface area contributed by atoms with Crippen molar-refractivity contribution in [2.75, 3.05) is 20.9 Å². The molecule has 66 valence electrons. The summed E-state index contributed by atoms with van der Waals surface area (Å²) in [6.07, 6.45) is 0. The molecule has 0 unspecified atom stereocenters. The lowest BCUT2D eigenvalue weighted by atomic mass is 10.2. The number of nitrogens with zero attached hydrogens (tertiary/aromatic N) is 1. The number of hydrogen-bond acceptors (Lipinski definition) is 2. The summed E-state index contributed by atoms with van der Waals surface area (Å²) in [6.45, 7) is 1.61. The van der Waals surface area contributed by atoms with Crippen molar-refractivity contribution >= 4 is 0 Å². The van der Waals surface area contributed by atoms with Crippen molar-refractivity contribution in [1.82, 2.24) is 4.90 Å². The fourth-order valence-electron chi connectivity index (χ4n) is 1.16. The van der Waals surface area contributed by atoms with Crippen LogP contribution in [-0.4, -0.2) is 25.8 Å². The Kier molecular flexibility index (Phi) is 3.77. The molecule has 0 spiro atoms. The first-order valence-corrected chi connectivity index (χ1v) is 4.04. The molecule has 1 aromatic rings. The van der Waals surface area contributed by atoms with Crippen LogP contribution in [-0.2, 0) is 11.3 Å². The van der Waals surface area contributed by atoms with Crippen molar-refractivity contribution in [1.29, 1.82) is 0 Å². The molecular formula is C10H15NO. The van der Waals surface area contributed by atoms with Gasteiger partial charge in [-0.05, 0) is 12.6 Å². The maximum absolute atomic E-state index is 5.00. The van der Waals surface area contributed by atoms with E-state index in [1.807, 2.05) is 13.1 Å². The summed E-state index contributed by atoms with van der Waals surface area (Å²) in [7, 11) is 3.75. The van der Waals surface area contributed by atoms with Gasteiger partial charge in [0.1, 0.15) is 0 Å². The van der Waals surface area contributed by atoms with E-state index in [1.165, 1.54) is 5.56 Å². The molecule has 1 aromatic carbocycles. The lowest BCUT2D eigenvalue weighted by Gasteiger charge is -2.14. The van der Waals surface area contributed by atoms with E-state index in [9.17, 15) is 0 Å². The summed E-state index contributed by atoms with van der Waals surface area (Å²) in [4.78, 5) is 2.12. The van der Waals surface area contributed by atoms with Crippen molar-refractivity contribution in [3.05, 3.63) is 35.9 Å². The maximum atomic E-state index is 5.00. The van der Waals surface area contributed by atoms with Gasteiger partial charge in [0, 0.05) is 13.7 Å². The topological polar surface area (TPSA) is 12.5 Å². The largest absolute Gasteiger partial charge is 0.369 e. The third kappa shape index (κ3) is 3.03. The Hall–Kier alpha value is -0.860. The Labute approximate surface area is 73.8 Å². The molecule has 0 saturated carbocycles. The zero-order valence-corrected chi connectivity index (χ0v) is 7.66. The first-order valence-electron chi connectivity index (χ1n) is 4.04. The second kappa shape index (κ2) is 4.91. The minimum atomic E-state index is 0.675.